The molecule has 0 radical (unpaired) electrons. The predicted molar refractivity (Wildman–Crippen MR) is 137 cm³/mol. The van der Waals surface area contributed by atoms with E-state index in [1.165, 1.54) is 19.2 Å². The molecule has 36 heavy (non-hydrogen) atoms. The number of hydrogen-bond donors (Lipinski definition) is 1. The van der Waals surface area contributed by atoms with E-state index in [9.17, 15) is 14.4 Å². The Morgan fingerprint density at radius 1 is 0.972 bits per heavy atom. The Labute approximate surface area is 220 Å². The number of ether oxygens (including phenoxy) is 2. The van der Waals surface area contributed by atoms with E-state index >= 15 is 0 Å². The Balaban J connectivity index is 1.64. The highest BCUT2D eigenvalue weighted by Gasteiger charge is 2.61. The number of fused-ring (bicyclic) bond motifs is 1. The van der Waals surface area contributed by atoms with Crippen molar-refractivity contribution in [2.45, 2.75) is 12.1 Å². The molecule has 3 amide bonds. The van der Waals surface area contributed by atoms with E-state index < -0.39 is 35.7 Å². The third-order valence-corrected chi connectivity index (χ3v) is 7.20. The average Bonchev–Trinajstić information content (AvgIpc) is 3.40. The summed E-state index contributed by atoms with van der Waals surface area (Å²) in [6, 6.07) is 16.9. The van der Waals surface area contributed by atoms with Crippen LogP contribution in [0, 0.1) is 5.92 Å². The minimum absolute atomic E-state index is 0.257. The van der Waals surface area contributed by atoms with Crippen molar-refractivity contribution < 1.29 is 23.9 Å². The number of rotatable bonds is 5. The number of hydrazine groups is 1. The number of methoxy groups -OCH3 is 2. The minimum Gasteiger partial charge on any atom is -0.493 e. The summed E-state index contributed by atoms with van der Waals surface area (Å²) in [6.45, 7) is 0. The van der Waals surface area contributed by atoms with Gasteiger partial charge in [-0.15, -0.1) is 0 Å². The lowest BCUT2D eigenvalue weighted by atomic mass is 9.90. The quantitative estimate of drug-likeness (QED) is 0.458. The van der Waals surface area contributed by atoms with E-state index in [-0.39, 0.29) is 10.7 Å². The van der Waals surface area contributed by atoms with Crippen molar-refractivity contribution in [3.63, 3.8) is 0 Å². The van der Waals surface area contributed by atoms with Crippen molar-refractivity contribution in [2.75, 3.05) is 19.1 Å². The van der Waals surface area contributed by atoms with Gasteiger partial charge in [0.2, 0.25) is 5.91 Å². The average molecular weight is 571 g/mol. The SMILES string of the molecule is COc1cccc([C@@H]2NN(C(=O)c3cccc(Br)c3)[C@H]3C(=O)N(c4ccccc4Cl)C(=O)[C@@H]23)c1OC. The molecule has 2 saturated heterocycles. The second-order valence-corrected chi connectivity index (χ2v) is 9.63. The van der Waals surface area contributed by atoms with Crippen LogP contribution in [0.1, 0.15) is 22.0 Å². The van der Waals surface area contributed by atoms with Gasteiger partial charge >= 0.3 is 0 Å². The molecule has 0 aliphatic carbocycles. The van der Waals surface area contributed by atoms with Gasteiger partial charge in [-0.05, 0) is 36.4 Å². The fraction of sp³-hybridized carbons (Fsp3) is 0.192. The Bertz CT molecular complexity index is 1380. The van der Waals surface area contributed by atoms with E-state index in [0.717, 1.165) is 4.90 Å². The lowest BCUT2D eigenvalue weighted by Gasteiger charge is -2.26. The van der Waals surface area contributed by atoms with Crippen LogP contribution in [-0.4, -0.2) is 43.0 Å². The molecule has 2 fully saturated rings. The highest BCUT2D eigenvalue weighted by Crippen LogP contribution is 2.47. The number of carbonyl (C=O) groups excluding carboxylic acids is 3. The van der Waals surface area contributed by atoms with E-state index in [4.69, 9.17) is 21.1 Å². The van der Waals surface area contributed by atoms with Crippen LogP contribution in [0.25, 0.3) is 0 Å². The normalized spacial score (nSPS) is 21.1. The topological polar surface area (TPSA) is 88.2 Å². The molecule has 3 aromatic carbocycles. The van der Waals surface area contributed by atoms with Crippen LogP contribution in [0.5, 0.6) is 11.5 Å². The Kier molecular flexibility index (Phi) is 6.46. The number of nitrogens with zero attached hydrogens (tertiary/aromatic N) is 2. The number of hydrogen-bond acceptors (Lipinski definition) is 6. The summed E-state index contributed by atoms with van der Waals surface area (Å²) < 4.78 is 11.8. The van der Waals surface area contributed by atoms with Crippen LogP contribution in [0.3, 0.4) is 0 Å². The monoisotopic (exact) mass is 569 g/mol. The van der Waals surface area contributed by atoms with Gasteiger partial charge in [0.25, 0.3) is 11.8 Å². The molecule has 0 unspecified atom stereocenters. The van der Waals surface area contributed by atoms with Crippen LogP contribution in [0.2, 0.25) is 5.02 Å². The van der Waals surface area contributed by atoms with Crippen molar-refractivity contribution in [3.8, 4) is 11.5 Å². The molecule has 0 saturated carbocycles. The van der Waals surface area contributed by atoms with E-state index in [0.29, 0.717) is 27.1 Å². The Morgan fingerprint density at radius 3 is 2.42 bits per heavy atom. The number of carbonyl (C=O) groups is 3. The molecule has 2 aliphatic rings. The fourth-order valence-electron chi connectivity index (χ4n) is 4.82. The number of nitrogens with one attached hydrogen (secondary N) is 1. The van der Waals surface area contributed by atoms with Gasteiger partial charge < -0.3 is 9.47 Å². The van der Waals surface area contributed by atoms with Crippen LogP contribution >= 0.6 is 27.5 Å². The largest absolute Gasteiger partial charge is 0.493 e. The summed E-state index contributed by atoms with van der Waals surface area (Å²) in [6.07, 6.45) is 0. The molecule has 8 nitrogen and oxygen atoms in total. The number of halogens is 2. The van der Waals surface area contributed by atoms with Gasteiger partial charge in [-0.3, -0.25) is 19.4 Å². The van der Waals surface area contributed by atoms with Crippen LogP contribution in [0.15, 0.2) is 71.2 Å². The van der Waals surface area contributed by atoms with Crippen molar-refractivity contribution in [1.82, 2.24) is 10.4 Å². The molecule has 2 aliphatic heterocycles. The molecular formula is C26H21BrClN3O5. The van der Waals surface area contributed by atoms with Crippen LogP contribution in [0.4, 0.5) is 5.69 Å². The number of benzene rings is 3. The molecule has 0 aromatic heterocycles. The summed E-state index contributed by atoms with van der Waals surface area (Å²) in [5, 5.41) is 1.50. The Morgan fingerprint density at radius 2 is 1.72 bits per heavy atom. The first-order valence-corrected chi connectivity index (χ1v) is 12.2. The summed E-state index contributed by atoms with van der Waals surface area (Å²) in [4.78, 5) is 42.3. The lowest BCUT2D eigenvalue weighted by molar-refractivity contribution is -0.123. The van der Waals surface area contributed by atoms with Crippen molar-refractivity contribution in [2.24, 2.45) is 5.92 Å². The molecular weight excluding hydrogens is 550 g/mol. The maximum atomic E-state index is 13.8. The van der Waals surface area contributed by atoms with Gasteiger partial charge in [0.15, 0.2) is 11.5 Å². The molecule has 2 heterocycles. The van der Waals surface area contributed by atoms with Gasteiger partial charge in [-0.2, -0.15) is 0 Å². The van der Waals surface area contributed by atoms with Crippen molar-refractivity contribution in [3.05, 3.63) is 87.4 Å². The van der Waals surface area contributed by atoms with Crippen molar-refractivity contribution >= 4 is 50.9 Å². The molecule has 3 atom stereocenters. The molecule has 10 heteroatoms. The summed E-state index contributed by atoms with van der Waals surface area (Å²) in [5.41, 5.74) is 4.34. The minimum atomic E-state index is -1.10. The van der Waals surface area contributed by atoms with Gasteiger partial charge in [0, 0.05) is 15.6 Å². The highest BCUT2D eigenvalue weighted by atomic mass is 79.9. The number of para-hydroxylation sites is 2. The first kappa shape index (κ1) is 24.3. The second-order valence-electron chi connectivity index (χ2n) is 8.31. The van der Waals surface area contributed by atoms with Crippen molar-refractivity contribution in [1.29, 1.82) is 0 Å². The summed E-state index contributed by atoms with van der Waals surface area (Å²) in [5.74, 6) is -1.51. The fourth-order valence-corrected chi connectivity index (χ4v) is 5.44. The standard InChI is InChI=1S/C26H21BrClN3O5/c1-35-19-12-6-9-16(23(19)36-2)21-20-22(31(29-21)24(32)14-7-5-8-15(27)13-14)26(34)30(25(20)33)18-11-4-3-10-17(18)28/h3-13,20-22,29H,1-2H3/t20-,21-,22+/m0/s1. The molecule has 0 spiro atoms. The molecule has 3 aromatic rings. The smallest absolute Gasteiger partial charge is 0.268 e. The van der Waals surface area contributed by atoms with Crippen LogP contribution < -0.4 is 19.8 Å². The summed E-state index contributed by atoms with van der Waals surface area (Å²) in [7, 11) is 3.01. The van der Waals surface area contributed by atoms with Gasteiger partial charge in [0.05, 0.1) is 36.9 Å². The number of imide groups is 1. The van der Waals surface area contributed by atoms with Gasteiger partial charge in [-0.1, -0.05) is 57.9 Å². The third-order valence-electron chi connectivity index (χ3n) is 6.39. The zero-order valence-electron chi connectivity index (χ0n) is 19.3. The predicted octanol–water partition coefficient (Wildman–Crippen LogP) is 4.38. The van der Waals surface area contributed by atoms with Gasteiger partial charge in [0.1, 0.15) is 6.04 Å². The molecule has 184 valence electrons. The van der Waals surface area contributed by atoms with Crippen LogP contribution in [-0.2, 0) is 9.59 Å². The maximum Gasteiger partial charge on any atom is 0.268 e. The summed E-state index contributed by atoms with van der Waals surface area (Å²) >= 11 is 9.74. The Hall–Kier alpha value is -3.40. The zero-order chi connectivity index (χ0) is 25.6. The number of amides is 3. The van der Waals surface area contributed by atoms with E-state index in [1.54, 1.807) is 66.7 Å². The maximum absolute atomic E-state index is 13.8. The molecule has 0 bridgehead atoms. The second kappa shape index (κ2) is 9.57. The molecule has 1 N–H and O–H groups in total. The first-order chi connectivity index (χ1) is 17.4. The van der Waals surface area contributed by atoms with E-state index in [2.05, 4.69) is 21.4 Å². The lowest BCUT2D eigenvalue weighted by Crippen LogP contribution is -2.48. The first-order valence-electron chi connectivity index (χ1n) is 11.1. The van der Waals surface area contributed by atoms with E-state index in [1.807, 2.05) is 0 Å². The van der Waals surface area contributed by atoms with Gasteiger partial charge in [-0.25, -0.2) is 10.3 Å². The third kappa shape index (κ3) is 3.84. The molecule has 5 rings (SSSR count). The highest BCUT2D eigenvalue weighted by molar-refractivity contribution is 9.10. The zero-order valence-corrected chi connectivity index (χ0v) is 21.6. The number of anilines is 1.